The van der Waals surface area contributed by atoms with Gasteiger partial charge in [0.15, 0.2) is 0 Å². The summed E-state index contributed by atoms with van der Waals surface area (Å²) in [7, 11) is 0. The molecule has 0 unspecified atom stereocenters. The summed E-state index contributed by atoms with van der Waals surface area (Å²) in [6, 6.07) is 23.3. The lowest BCUT2D eigenvalue weighted by molar-refractivity contribution is -0.110. The van der Waals surface area contributed by atoms with Gasteiger partial charge >= 0.3 is 5.97 Å². The molecule has 180 valence electrons. The number of amides is 1. The maximum Gasteiger partial charge on any atom is 0.338 e. The number of esters is 1. The summed E-state index contributed by atoms with van der Waals surface area (Å²) in [6.07, 6.45) is 0. The number of ether oxygens (including phenoxy) is 1. The van der Waals surface area contributed by atoms with Crippen LogP contribution in [0.25, 0.3) is 11.3 Å². The number of rotatable bonds is 9. The van der Waals surface area contributed by atoms with Gasteiger partial charge in [0.25, 0.3) is 5.91 Å². The topological polar surface area (TPSA) is 70.7 Å². The van der Waals surface area contributed by atoms with Crippen molar-refractivity contribution >= 4 is 34.5 Å². The zero-order chi connectivity index (χ0) is 24.8. The number of benzene rings is 3. The fourth-order valence-corrected chi connectivity index (χ4v) is 4.19. The molecule has 0 fully saturated rings. The molecule has 3 aromatic rings. The first-order valence-corrected chi connectivity index (χ1v) is 12.0. The normalized spacial score (nSPS) is 13.9. The van der Waals surface area contributed by atoms with Crippen LogP contribution < -0.4 is 10.6 Å². The number of hydrogen-bond acceptors (Lipinski definition) is 5. The van der Waals surface area contributed by atoms with Gasteiger partial charge in [0.1, 0.15) is 0 Å². The minimum atomic E-state index is -0.409. The standard InChI is InChI=1S/C29H31N3O3/c1-4-32(5-2)19-20-12-15-23(16-13-20)30-27(21-10-8-7-9-11-21)26-24-17-14-22(29(34)35-6-3)18-25(24)31-28(26)33/h7-18,30H,4-6,19H2,1-3H3,(H,31,33)/b27-26+. The van der Waals surface area contributed by atoms with Gasteiger partial charge in [-0.25, -0.2) is 4.79 Å². The minimum absolute atomic E-state index is 0.217. The molecule has 0 radical (unpaired) electrons. The molecule has 4 rings (SSSR count). The molecule has 3 aromatic carbocycles. The lowest BCUT2D eigenvalue weighted by Crippen LogP contribution is -2.22. The van der Waals surface area contributed by atoms with Crippen LogP contribution in [0.15, 0.2) is 72.8 Å². The first kappa shape index (κ1) is 24.2. The van der Waals surface area contributed by atoms with E-state index < -0.39 is 5.97 Å². The van der Waals surface area contributed by atoms with Gasteiger partial charge in [-0.05, 0) is 55.4 Å². The van der Waals surface area contributed by atoms with Crippen molar-refractivity contribution in [1.29, 1.82) is 0 Å². The second-order valence-electron chi connectivity index (χ2n) is 8.33. The molecule has 1 amide bonds. The first-order valence-electron chi connectivity index (χ1n) is 12.0. The molecular formula is C29H31N3O3. The van der Waals surface area contributed by atoms with E-state index in [9.17, 15) is 9.59 Å². The Hall–Kier alpha value is -3.90. The van der Waals surface area contributed by atoms with Crippen molar-refractivity contribution in [3.05, 3.63) is 95.1 Å². The van der Waals surface area contributed by atoms with E-state index in [0.29, 0.717) is 29.1 Å². The summed E-state index contributed by atoms with van der Waals surface area (Å²) >= 11 is 0. The zero-order valence-electron chi connectivity index (χ0n) is 20.4. The molecule has 6 nitrogen and oxygen atoms in total. The molecule has 1 aliphatic rings. The Balaban J connectivity index is 1.71. The molecule has 0 saturated heterocycles. The summed E-state index contributed by atoms with van der Waals surface area (Å²) in [5, 5.41) is 6.40. The molecule has 0 aromatic heterocycles. The Morgan fingerprint density at radius 1 is 0.914 bits per heavy atom. The van der Waals surface area contributed by atoms with Gasteiger partial charge in [-0.15, -0.1) is 0 Å². The van der Waals surface area contributed by atoms with Gasteiger partial charge in [0.2, 0.25) is 0 Å². The van der Waals surface area contributed by atoms with E-state index in [0.717, 1.165) is 36.4 Å². The monoisotopic (exact) mass is 469 g/mol. The van der Waals surface area contributed by atoms with Crippen LogP contribution >= 0.6 is 0 Å². The number of fused-ring (bicyclic) bond motifs is 1. The molecule has 0 saturated carbocycles. The predicted molar refractivity (Wildman–Crippen MR) is 141 cm³/mol. The van der Waals surface area contributed by atoms with E-state index in [1.54, 1.807) is 25.1 Å². The summed E-state index contributed by atoms with van der Waals surface area (Å²) in [4.78, 5) is 27.7. The summed E-state index contributed by atoms with van der Waals surface area (Å²) in [5.41, 5.74) is 6.02. The summed E-state index contributed by atoms with van der Waals surface area (Å²) in [5.74, 6) is -0.626. The van der Waals surface area contributed by atoms with Crippen molar-refractivity contribution in [2.24, 2.45) is 0 Å². The van der Waals surface area contributed by atoms with E-state index in [1.165, 1.54) is 5.56 Å². The Morgan fingerprint density at radius 3 is 2.29 bits per heavy atom. The third kappa shape index (κ3) is 5.44. The van der Waals surface area contributed by atoms with Crippen LogP contribution in [-0.2, 0) is 16.1 Å². The SMILES string of the molecule is CCOC(=O)c1ccc2c(c1)NC(=O)/C2=C(/Nc1ccc(CN(CC)CC)cc1)c1ccccc1. The highest BCUT2D eigenvalue weighted by molar-refractivity contribution is 6.37. The van der Waals surface area contributed by atoms with Gasteiger partial charge in [0, 0.05) is 17.8 Å². The first-order chi connectivity index (χ1) is 17.0. The second-order valence-corrected chi connectivity index (χ2v) is 8.33. The lowest BCUT2D eigenvalue weighted by Gasteiger charge is -2.19. The van der Waals surface area contributed by atoms with Crippen molar-refractivity contribution in [3.8, 4) is 0 Å². The maximum absolute atomic E-state index is 13.2. The van der Waals surface area contributed by atoms with Crippen LogP contribution in [0.3, 0.4) is 0 Å². The van der Waals surface area contributed by atoms with Crippen LogP contribution in [0.4, 0.5) is 11.4 Å². The molecule has 35 heavy (non-hydrogen) atoms. The number of anilines is 2. The smallest absolute Gasteiger partial charge is 0.338 e. The third-order valence-electron chi connectivity index (χ3n) is 6.11. The van der Waals surface area contributed by atoms with Gasteiger partial charge in [-0.1, -0.05) is 62.4 Å². The average Bonchev–Trinajstić information content (AvgIpc) is 3.22. The van der Waals surface area contributed by atoms with Crippen LogP contribution in [0, 0.1) is 0 Å². The Kier molecular flexibility index (Phi) is 7.63. The average molecular weight is 470 g/mol. The second kappa shape index (κ2) is 11.0. The molecule has 1 heterocycles. The van der Waals surface area contributed by atoms with Gasteiger partial charge in [-0.2, -0.15) is 0 Å². The quantitative estimate of drug-likeness (QED) is 0.314. The highest BCUT2D eigenvalue weighted by Gasteiger charge is 2.29. The van der Waals surface area contributed by atoms with Crippen molar-refractivity contribution in [3.63, 3.8) is 0 Å². The lowest BCUT2D eigenvalue weighted by atomic mass is 9.99. The third-order valence-corrected chi connectivity index (χ3v) is 6.11. The molecular weight excluding hydrogens is 438 g/mol. The van der Waals surface area contributed by atoms with Crippen LogP contribution in [0.2, 0.25) is 0 Å². The highest BCUT2D eigenvalue weighted by atomic mass is 16.5. The Bertz CT molecular complexity index is 1230. The van der Waals surface area contributed by atoms with E-state index >= 15 is 0 Å². The Labute approximate surface area is 206 Å². The fourth-order valence-electron chi connectivity index (χ4n) is 4.19. The van der Waals surface area contributed by atoms with Crippen LogP contribution in [0.5, 0.6) is 0 Å². The number of carbonyl (C=O) groups is 2. The molecule has 0 spiro atoms. The molecule has 2 N–H and O–H groups in total. The number of hydrogen-bond donors (Lipinski definition) is 2. The fraction of sp³-hybridized carbons (Fsp3) is 0.241. The van der Waals surface area contributed by atoms with Crippen molar-refractivity contribution in [1.82, 2.24) is 4.90 Å². The summed E-state index contributed by atoms with van der Waals surface area (Å²) < 4.78 is 5.11. The number of nitrogens with one attached hydrogen (secondary N) is 2. The molecule has 0 atom stereocenters. The largest absolute Gasteiger partial charge is 0.462 e. The van der Waals surface area contributed by atoms with Gasteiger partial charge < -0.3 is 15.4 Å². The minimum Gasteiger partial charge on any atom is -0.462 e. The van der Waals surface area contributed by atoms with E-state index in [1.807, 2.05) is 42.5 Å². The zero-order valence-corrected chi connectivity index (χ0v) is 20.4. The van der Waals surface area contributed by atoms with E-state index in [-0.39, 0.29) is 5.91 Å². The van der Waals surface area contributed by atoms with Crippen LogP contribution in [-0.4, -0.2) is 36.5 Å². The highest BCUT2D eigenvalue weighted by Crippen LogP contribution is 2.38. The Morgan fingerprint density at radius 2 is 1.63 bits per heavy atom. The summed E-state index contributed by atoms with van der Waals surface area (Å²) in [6.45, 7) is 9.31. The van der Waals surface area contributed by atoms with Crippen LogP contribution in [0.1, 0.15) is 47.8 Å². The number of carbonyl (C=O) groups excluding carboxylic acids is 2. The van der Waals surface area contributed by atoms with Crippen molar-refractivity contribution < 1.29 is 14.3 Å². The van der Waals surface area contributed by atoms with Crippen molar-refractivity contribution in [2.45, 2.75) is 27.3 Å². The molecule has 6 heteroatoms. The van der Waals surface area contributed by atoms with E-state index in [4.69, 9.17) is 4.74 Å². The molecule has 1 aliphatic heterocycles. The molecule has 0 aliphatic carbocycles. The van der Waals surface area contributed by atoms with Gasteiger partial charge in [0.05, 0.1) is 29.1 Å². The molecule has 0 bridgehead atoms. The number of nitrogens with zero attached hydrogens (tertiary/aromatic N) is 1. The predicted octanol–water partition coefficient (Wildman–Crippen LogP) is 5.64. The van der Waals surface area contributed by atoms with E-state index in [2.05, 4.69) is 41.5 Å². The maximum atomic E-state index is 13.2. The van der Waals surface area contributed by atoms with Crippen molar-refractivity contribution in [2.75, 3.05) is 30.3 Å². The van der Waals surface area contributed by atoms with Gasteiger partial charge in [-0.3, -0.25) is 9.69 Å².